The number of hydrogen-bond donors (Lipinski definition) is 0. The summed E-state index contributed by atoms with van der Waals surface area (Å²) in [5.41, 5.74) is 9.79. The minimum Gasteiger partial charge on any atom is -0.340 e. The van der Waals surface area contributed by atoms with Gasteiger partial charge in [0.1, 0.15) is 0 Å². The topological polar surface area (TPSA) is 35.6 Å². The van der Waals surface area contributed by atoms with Crippen LogP contribution in [0.4, 0.5) is 0 Å². The second kappa shape index (κ2) is 17.2. The van der Waals surface area contributed by atoms with Crippen LogP contribution in [0, 0.1) is 12.1 Å². The van der Waals surface area contributed by atoms with Crippen LogP contribution in [0.3, 0.4) is 0 Å². The first-order valence-corrected chi connectivity index (χ1v) is 18.2. The van der Waals surface area contributed by atoms with Gasteiger partial charge in [-0.3, -0.25) is 9.97 Å². The summed E-state index contributed by atoms with van der Waals surface area (Å²) in [5, 5.41) is 0. The smallest absolute Gasteiger partial charge is 0.0602 e. The molecule has 49 heavy (non-hydrogen) atoms. The van der Waals surface area contributed by atoms with Gasteiger partial charge < -0.3 is 9.13 Å². The van der Waals surface area contributed by atoms with Crippen molar-refractivity contribution in [1.29, 1.82) is 0 Å². The summed E-state index contributed by atoms with van der Waals surface area (Å²) in [6, 6.07) is 31.5. The van der Waals surface area contributed by atoms with Crippen molar-refractivity contribution in [2.24, 2.45) is 0 Å². The number of hydrogen-bond acceptors (Lipinski definition) is 2. The first-order valence-electron chi connectivity index (χ1n) is 16.7. The summed E-state index contributed by atoms with van der Waals surface area (Å²) in [6.45, 7) is 17.9. The zero-order valence-electron chi connectivity index (χ0n) is 29.4. The summed E-state index contributed by atoms with van der Waals surface area (Å²) in [4.78, 5) is 9.21. The summed E-state index contributed by atoms with van der Waals surface area (Å²) < 4.78 is 6.68. The van der Waals surface area contributed by atoms with E-state index in [9.17, 15) is 0 Å². The zero-order chi connectivity index (χ0) is 34.5. The van der Waals surface area contributed by atoms with Crippen molar-refractivity contribution in [1.82, 2.24) is 19.1 Å². The van der Waals surface area contributed by atoms with Gasteiger partial charge in [0.25, 0.3) is 0 Å². The van der Waals surface area contributed by atoms with E-state index in [-0.39, 0.29) is 20.1 Å². The van der Waals surface area contributed by atoms with Crippen LogP contribution in [-0.2, 0) is 20.1 Å². The molecule has 1 radical (unpaired) electrons. The van der Waals surface area contributed by atoms with Gasteiger partial charge in [-0.1, -0.05) is 87.2 Å². The number of rotatable bonds is 8. The van der Waals surface area contributed by atoms with Crippen molar-refractivity contribution in [2.75, 3.05) is 0 Å². The molecule has 7 heteroatoms. The first-order chi connectivity index (χ1) is 23.0. The third-order valence-corrected chi connectivity index (χ3v) is 9.33. The largest absolute Gasteiger partial charge is 0.340 e. The monoisotopic (exact) mass is 955 g/mol. The fourth-order valence-corrected chi connectivity index (χ4v) is 7.02. The van der Waals surface area contributed by atoms with Crippen LogP contribution in [0.5, 0.6) is 0 Å². The van der Waals surface area contributed by atoms with Crippen molar-refractivity contribution in [3.05, 3.63) is 141 Å². The molecule has 0 saturated carbocycles. The first kappa shape index (κ1) is 38.7. The average molecular weight is 957 g/mol. The van der Waals surface area contributed by atoms with Gasteiger partial charge in [0, 0.05) is 65.2 Å². The molecule has 0 saturated heterocycles. The van der Waals surface area contributed by atoms with Crippen LogP contribution in [0.1, 0.15) is 101 Å². The van der Waals surface area contributed by atoms with Crippen LogP contribution < -0.4 is 0 Å². The number of halogens is 2. The summed E-state index contributed by atoms with van der Waals surface area (Å²) in [7, 11) is 0. The van der Waals surface area contributed by atoms with E-state index in [2.05, 4.69) is 167 Å². The summed E-state index contributed by atoms with van der Waals surface area (Å²) in [5.74, 6) is 3.55. The molecule has 0 N–H and O–H groups in total. The summed E-state index contributed by atoms with van der Waals surface area (Å²) in [6.07, 6.45) is 7.84. The Kier molecular flexibility index (Phi) is 13.6. The summed E-state index contributed by atoms with van der Waals surface area (Å²) >= 11 is 7.36. The van der Waals surface area contributed by atoms with Crippen LogP contribution in [0.25, 0.3) is 34.2 Å². The predicted octanol–water partition coefficient (Wildman–Crippen LogP) is 12.7. The van der Waals surface area contributed by atoms with Crippen molar-refractivity contribution >= 4 is 31.9 Å². The Balaban J connectivity index is 0.000000216. The molecule has 0 spiro atoms. The van der Waals surface area contributed by atoms with Gasteiger partial charge in [-0.25, -0.2) is 0 Å². The molecule has 4 aromatic carbocycles. The normalized spacial score (nSPS) is 11.2. The van der Waals surface area contributed by atoms with Crippen molar-refractivity contribution < 1.29 is 20.1 Å². The Hall–Kier alpha value is -3.09. The molecule has 0 amide bonds. The molecular weight excluding hydrogens is 913 g/mol. The number of aromatic nitrogens is 4. The van der Waals surface area contributed by atoms with Gasteiger partial charge in [-0.05, 0) is 70.2 Å². The molecule has 0 aliphatic heterocycles. The third kappa shape index (κ3) is 8.80. The minimum atomic E-state index is 0. The van der Waals surface area contributed by atoms with E-state index in [4.69, 9.17) is 0 Å². The van der Waals surface area contributed by atoms with Crippen molar-refractivity contribution in [3.63, 3.8) is 0 Å². The van der Waals surface area contributed by atoms with Crippen LogP contribution in [0.15, 0.2) is 107 Å². The van der Waals surface area contributed by atoms with E-state index in [1.54, 1.807) is 0 Å². The Morgan fingerprint density at radius 1 is 0.531 bits per heavy atom. The third-order valence-electron chi connectivity index (χ3n) is 8.42. The molecule has 0 aliphatic carbocycles. The molecule has 6 aromatic rings. The van der Waals surface area contributed by atoms with Crippen LogP contribution in [-0.4, -0.2) is 19.1 Å². The fourth-order valence-electron chi connectivity index (χ4n) is 6.03. The molecule has 0 bridgehead atoms. The maximum atomic E-state index is 4.61. The molecular formula is C42H44Br2IrN4-2. The van der Waals surface area contributed by atoms with Gasteiger partial charge in [-0.15, -0.1) is 71.8 Å². The van der Waals surface area contributed by atoms with Gasteiger partial charge in [-0.2, -0.15) is 0 Å². The SMILES string of the molecule is CC(C)c1cc(Br)cc(C(C)C)c1-n1ccnc1-c1[c-]cccc1.CC(C)c1cc(Br)cc(C(C)C)c1-n1ccnc1-c1[c-]cccc1.[Ir]. The van der Waals surface area contributed by atoms with E-state index >= 15 is 0 Å². The van der Waals surface area contributed by atoms with E-state index in [1.165, 1.54) is 33.6 Å². The molecule has 0 fully saturated rings. The molecule has 0 atom stereocenters. The average Bonchev–Trinajstić information content (AvgIpc) is 3.75. The quantitative estimate of drug-likeness (QED) is 0.143. The molecule has 2 heterocycles. The van der Waals surface area contributed by atoms with Crippen LogP contribution >= 0.6 is 31.9 Å². The van der Waals surface area contributed by atoms with E-state index in [0.717, 1.165) is 31.7 Å². The molecule has 2 aromatic heterocycles. The fraction of sp³-hybridized carbons (Fsp3) is 0.286. The number of imidazole rings is 2. The standard InChI is InChI=1S/2C21H22BrN2.Ir/c2*1-14(2)18-12-17(22)13-19(15(3)4)20(18)24-11-10-23-21(24)16-8-6-5-7-9-16;/h2*5-8,10-15H,1-4H3;/q2*-1;. The van der Waals surface area contributed by atoms with E-state index in [1.807, 2.05) is 48.8 Å². The second-order valence-corrected chi connectivity index (χ2v) is 15.1. The van der Waals surface area contributed by atoms with E-state index in [0.29, 0.717) is 23.7 Å². The maximum Gasteiger partial charge on any atom is 0.0602 e. The predicted molar refractivity (Wildman–Crippen MR) is 207 cm³/mol. The van der Waals surface area contributed by atoms with Crippen LogP contribution in [0.2, 0.25) is 0 Å². The molecule has 257 valence electrons. The Bertz CT molecular complexity index is 1760. The van der Waals surface area contributed by atoms with Gasteiger partial charge >= 0.3 is 0 Å². The maximum absolute atomic E-state index is 4.61. The Morgan fingerprint density at radius 3 is 1.12 bits per heavy atom. The molecule has 6 rings (SSSR count). The molecule has 0 aliphatic rings. The second-order valence-electron chi connectivity index (χ2n) is 13.3. The zero-order valence-corrected chi connectivity index (χ0v) is 35.0. The number of benzene rings is 4. The number of nitrogens with zero attached hydrogens (tertiary/aromatic N) is 4. The Morgan fingerprint density at radius 2 is 0.857 bits per heavy atom. The van der Waals surface area contributed by atoms with Gasteiger partial charge in [0.15, 0.2) is 0 Å². The minimum absolute atomic E-state index is 0. The van der Waals surface area contributed by atoms with Gasteiger partial charge in [0.05, 0.1) is 11.6 Å². The van der Waals surface area contributed by atoms with Crippen molar-refractivity contribution in [2.45, 2.75) is 79.1 Å². The van der Waals surface area contributed by atoms with Gasteiger partial charge in [0.2, 0.25) is 0 Å². The molecule has 4 nitrogen and oxygen atoms in total. The Labute approximate surface area is 323 Å². The van der Waals surface area contributed by atoms with Crippen molar-refractivity contribution in [3.8, 4) is 34.2 Å². The van der Waals surface area contributed by atoms with E-state index < -0.39 is 0 Å². The molecule has 0 unspecified atom stereocenters.